The lowest BCUT2D eigenvalue weighted by atomic mass is 10.1. The maximum absolute atomic E-state index is 13.2. The van der Waals surface area contributed by atoms with Crippen molar-refractivity contribution in [3.63, 3.8) is 0 Å². The van der Waals surface area contributed by atoms with Gasteiger partial charge < -0.3 is 9.64 Å². The van der Waals surface area contributed by atoms with E-state index in [4.69, 9.17) is 39.5 Å². The topological polar surface area (TPSA) is 63.7 Å². The van der Waals surface area contributed by atoms with Crippen LogP contribution in [0.2, 0.25) is 15.1 Å². The van der Waals surface area contributed by atoms with Gasteiger partial charge in [0.05, 0.1) is 16.5 Å². The summed E-state index contributed by atoms with van der Waals surface area (Å²) in [6, 6.07) is 11.4. The Kier molecular flexibility index (Phi) is 6.99. The molecule has 0 saturated carbocycles. The number of halogens is 3. The second-order valence-corrected chi connectivity index (χ2v) is 10.4. The van der Waals surface area contributed by atoms with Crippen molar-refractivity contribution in [2.45, 2.75) is 32.0 Å². The minimum Gasteiger partial charge on any atom is -0.479 e. The van der Waals surface area contributed by atoms with Crippen LogP contribution in [0.25, 0.3) is 0 Å². The molecule has 1 amide bonds. The average molecular weight is 477 g/mol. The average Bonchev–Trinajstić information content (AvgIpc) is 3.02. The second kappa shape index (κ2) is 9.13. The molecular weight excluding hydrogens is 457 g/mol. The number of para-hydroxylation sites is 1. The van der Waals surface area contributed by atoms with Gasteiger partial charge in [0.2, 0.25) is 0 Å². The van der Waals surface area contributed by atoms with Crippen LogP contribution in [-0.2, 0) is 21.2 Å². The molecule has 0 radical (unpaired) electrons. The molecule has 1 heterocycles. The zero-order valence-electron chi connectivity index (χ0n) is 15.6. The van der Waals surface area contributed by atoms with Crippen LogP contribution in [0.3, 0.4) is 0 Å². The summed E-state index contributed by atoms with van der Waals surface area (Å²) in [5, 5.41) is 1.29. The molecule has 2 aromatic rings. The van der Waals surface area contributed by atoms with Crippen molar-refractivity contribution < 1.29 is 17.9 Å². The fourth-order valence-corrected chi connectivity index (χ4v) is 5.64. The second-order valence-electron chi connectivity index (χ2n) is 6.95. The van der Waals surface area contributed by atoms with Crippen LogP contribution in [0, 0.1) is 0 Å². The van der Waals surface area contributed by atoms with Crippen molar-refractivity contribution >= 4 is 50.5 Å². The number of amides is 1. The molecule has 2 aromatic carbocycles. The summed E-state index contributed by atoms with van der Waals surface area (Å²) in [4.78, 5) is 14.8. The van der Waals surface area contributed by atoms with Crippen LogP contribution < -0.4 is 4.74 Å². The van der Waals surface area contributed by atoms with Gasteiger partial charge in [0.15, 0.2) is 15.9 Å². The van der Waals surface area contributed by atoms with E-state index in [9.17, 15) is 13.2 Å². The molecule has 0 aromatic heterocycles. The fraction of sp³-hybridized carbons (Fsp3) is 0.350. The molecule has 1 fully saturated rings. The first-order chi connectivity index (χ1) is 13.7. The number of carbonyl (C=O) groups is 1. The number of carbonyl (C=O) groups excluding carboxylic acids is 1. The van der Waals surface area contributed by atoms with E-state index in [1.165, 1.54) is 4.90 Å². The van der Waals surface area contributed by atoms with Gasteiger partial charge in [0, 0.05) is 22.6 Å². The molecule has 0 aliphatic carbocycles. The Morgan fingerprint density at radius 2 is 1.90 bits per heavy atom. The maximum atomic E-state index is 13.2. The van der Waals surface area contributed by atoms with E-state index in [1.807, 2.05) is 0 Å². The minimum absolute atomic E-state index is 0.0511. The predicted molar refractivity (Wildman–Crippen MR) is 116 cm³/mol. The number of ether oxygens (including phenoxy) is 1. The highest BCUT2D eigenvalue weighted by Crippen LogP contribution is 2.28. The summed E-state index contributed by atoms with van der Waals surface area (Å²) >= 11 is 18.4. The molecule has 9 heteroatoms. The monoisotopic (exact) mass is 475 g/mol. The summed E-state index contributed by atoms with van der Waals surface area (Å²) in [6.07, 6.45) is -0.484. The van der Waals surface area contributed by atoms with E-state index >= 15 is 0 Å². The Balaban J connectivity index is 1.85. The van der Waals surface area contributed by atoms with Gasteiger partial charge in [-0.05, 0) is 43.2 Å². The molecule has 0 N–H and O–H groups in total. The van der Waals surface area contributed by atoms with Crippen LogP contribution in [0.4, 0.5) is 0 Å². The fourth-order valence-electron chi connectivity index (χ4n) is 3.26. The number of rotatable bonds is 6. The van der Waals surface area contributed by atoms with Crippen molar-refractivity contribution in [2.24, 2.45) is 0 Å². The van der Waals surface area contributed by atoms with Gasteiger partial charge >= 0.3 is 0 Å². The van der Waals surface area contributed by atoms with Crippen molar-refractivity contribution in [2.75, 3.05) is 11.5 Å². The van der Waals surface area contributed by atoms with Crippen LogP contribution >= 0.6 is 34.8 Å². The molecule has 1 aliphatic rings. The summed E-state index contributed by atoms with van der Waals surface area (Å²) in [6.45, 7) is 1.77. The van der Waals surface area contributed by atoms with Gasteiger partial charge in [-0.15, -0.1) is 0 Å². The molecule has 2 atom stereocenters. The third-order valence-electron chi connectivity index (χ3n) is 4.78. The lowest BCUT2D eigenvalue weighted by Gasteiger charge is -2.31. The van der Waals surface area contributed by atoms with E-state index in [0.29, 0.717) is 32.8 Å². The Morgan fingerprint density at radius 1 is 1.17 bits per heavy atom. The zero-order chi connectivity index (χ0) is 21.2. The SMILES string of the molecule is CC(Oc1ccccc1Cl)C(=O)N(Cc1ccc(Cl)cc1Cl)C1CCS(=O)(=O)C1. The lowest BCUT2D eigenvalue weighted by molar-refractivity contribution is -0.140. The summed E-state index contributed by atoms with van der Waals surface area (Å²) in [5.74, 6) is 0.0229. The number of sulfone groups is 1. The molecule has 1 saturated heterocycles. The van der Waals surface area contributed by atoms with E-state index in [-0.39, 0.29) is 24.0 Å². The first-order valence-corrected chi connectivity index (χ1v) is 12.0. The predicted octanol–water partition coefficient (Wildman–Crippen LogP) is 4.63. The van der Waals surface area contributed by atoms with E-state index < -0.39 is 22.0 Å². The zero-order valence-corrected chi connectivity index (χ0v) is 18.7. The van der Waals surface area contributed by atoms with Crippen molar-refractivity contribution in [3.8, 4) is 5.75 Å². The van der Waals surface area contributed by atoms with Crippen molar-refractivity contribution in [3.05, 3.63) is 63.1 Å². The molecular formula is C20H20Cl3NO4S. The normalized spacial score (nSPS) is 19.0. The first-order valence-electron chi connectivity index (χ1n) is 9.02. The number of nitrogens with zero attached hydrogens (tertiary/aromatic N) is 1. The maximum Gasteiger partial charge on any atom is 0.263 e. The summed E-state index contributed by atoms with van der Waals surface area (Å²) in [7, 11) is -3.18. The van der Waals surface area contributed by atoms with Crippen molar-refractivity contribution in [1.29, 1.82) is 0 Å². The molecule has 0 spiro atoms. The van der Waals surface area contributed by atoms with Crippen LogP contribution in [0.1, 0.15) is 18.9 Å². The summed E-state index contributed by atoms with van der Waals surface area (Å²) in [5.41, 5.74) is 0.679. The highest BCUT2D eigenvalue weighted by atomic mass is 35.5. The molecule has 3 rings (SSSR count). The largest absolute Gasteiger partial charge is 0.479 e. The van der Waals surface area contributed by atoms with Crippen molar-refractivity contribution in [1.82, 2.24) is 4.90 Å². The lowest BCUT2D eigenvalue weighted by Crippen LogP contribution is -2.46. The van der Waals surface area contributed by atoms with Crippen LogP contribution in [0.15, 0.2) is 42.5 Å². The Hall–Kier alpha value is -1.47. The van der Waals surface area contributed by atoms with Gasteiger partial charge in [-0.25, -0.2) is 8.42 Å². The smallest absolute Gasteiger partial charge is 0.263 e. The van der Waals surface area contributed by atoms with Gasteiger partial charge in [-0.2, -0.15) is 0 Å². The van der Waals surface area contributed by atoms with E-state index in [1.54, 1.807) is 49.4 Å². The molecule has 0 bridgehead atoms. The Labute approximate surface area is 185 Å². The Morgan fingerprint density at radius 3 is 2.52 bits per heavy atom. The highest BCUT2D eigenvalue weighted by molar-refractivity contribution is 7.91. The highest BCUT2D eigenvalue weighted by Gasteiger charge is 2.37. The van der Waals surface area contributed by atoms with Gasteiger partial charge in [-0.3, -0.25) is 4.79 Å². The standard InChI is InChI=1S/C20H20Cl3NO4S/c1-13(28-19-5-3-2-4-17(19)22)20(25)24(16-8-9-29(26,27)12-16)11-14-6-7-15(21)10-18(14)23/h2-7,10,13,16H,8-9,11-12H2,1H3. The van der Waals surface area contributed by atoms with Gasteiger partial charge in [0.1, 0.15) is 5.75 Å². The molecule has 5 nitrogen and oxygen atoms in total. The number of benzene rings is 2. The molecule has 1 aliphatic heterocycles. The van der Waals surface area contributed by atoms with Crippen LogP contribution in [0.5, 0.6) is 5.75 Å². The Bertz CT molecular complexity index is 1010. The summed E-state index contributed by atoms with van der Waals surface area (Å²) < 4.78 is 29.8. The number of hydrogen-bond acceptors (Lipinski definition) is 4. The third-order valence-corrected chi connectivity index (χ3v) is 7.43. The van der Waals surface area contributed by atoms with Crippen LogP contribution in [-0.4, -0.2) is 42.9 Å². The van der Waals surface area contributed by atoms with E-state index in [2.05, 4.69) is 0 Å². The van der Waals surface area contributed by atoms with Gasteiger partial charge in [-0.1, -0.05) is 53.0 Å². The third kappa shape index (κ3) is 5.57. The quantitative estimate of drug-likeness (QED) is 0.610. The molecule has 29 heavy (non-hydrogen) atoms. The van der Waals surface area contributed by atoms with E-state index in [0.717, 1.165) is 0 Å². The molecule has 156 valence electrons. The minimum atomic E-state index is -3.18. The van der Waals surface area contributed by atoms with Gasteiger partial charge in [0.25, 0.3) is 5.91 Å². The number of hydrogen-bond donors (Lipinski definition) is 0. The molecule has 2 unspecified atom stereocenters. The first kappa shape index (κ1) is 22.2.